The van der Waals surface area contributed by atoms with Crippen molar-refractivity contribution in [2.45, 2.75) is 38.5 Å². The lowest BCUT2D eigenvalue weighted by molar-refractivity contribution is -0.128. The topological polar surface area (TPSA) is 104 Å². The van der Waals surface area contributed by atoms with E-state index in [1.54, 1.807) is 55.7 Å². The minimum Gasteiger partial charge on any atom is -0.493 e. The summed E-state index contributed by atoms with van der Waals surface area (Å²) in [6, 6.07) is 19.8. The highest BCUT2D eigenvalue weighted by atomic mass is 35.5. The molecule has 0 saturated heterocycles. The van der Waals surface area contributed by atoms with Gasteiger partial charge in [-0.2, -0.15) is 5.26 Å². The Morgan fingerprint density at radius 1 is 1.07 bits per heavy atom. The summed E-state index contributed by atoms with van der Waals surface area (Å²) >= 11 is 5.90. The molecule has 3 aromatic carbocycles. The van der Waals surface area contributed by atoms with E-state index in [1.165, 1.54) is 12.5 Å². The van der Waals surface area contributed by atoms with Crippen molar-refractivity contribution in [3.8, 4) is 29.1 Å². The second-order valence-electron chi connectivity index (χ2n) is 9.25. The van der Waals surface area contributed by atoms with Gasteiger partial charge in [-0.1, -0.05) is 62.1 Å². The number of ether oxygens (including phenoxy) is 4. The Bertz CT molecular complexity index is 1460. The molecule has 206 valence electrons. The van der Waals surface area contributed by atoms with Crippen LogP contribution in [0.5, 0.6) is 23.0 Å². The molecule has 3 aromatic rings. The Balaban J connectivity index is 1.55. The third kappa shape index (κ3) is 6.96. The molecule has 1 atom stereocenters. The van der Waals surface area contributed by atoms with Crippen LogP contribution in [0.2, 0.25) is 5.02 Å². The van der Waals surface area contributed by atoms with Gasteiger partial charge in [-0.15, -0.1) is 0 Å². The minimum absolute atomic E-state index is 0.0127. The number of fused-ring (bicyclic) bond motifs is 1. The molecule has 0 amide bonds. The SMILES string of the molecule is CCCCCCOc1ccc(C2C(C#N)=C(N)Oc3cc(OC(=O)/C=C/c4ccc(Cl)cc4)ccc32)cc1OC. The minimum atomic E-state index is -0.557. The molecular weight excluding hydrogens is 528 g/mol. The summed E-state index contributed by atoms with van der Waals surface area (Å²) in [5, 5.41) is 10.5. The Morgan fingerprint density at radius 2 is 1.88 bits per heavy atom. The highest BCUT2D eigenvalue weighted by Crippen LogP contribution is 2.45. The van der Waals surface area contributed by atoms with Crippen LogP contribution in [0.4, 0.5) is 0 Å². The summed E-state index contributed by atoms with van der Waals surface area (Å²) in [7, 11) is 1.58. The van der Waals surface area contributed by atoms with Gasteiger partial charge in [-0.05, 0) is 54.0 Å². The van der Waals surface area contributed by atoms with Gasteiger partial charge >= 0.3 is 5.97 Å². The molecule has 1 heterocycles. The number of benzene rings is 3. The maximum atomic E-state index is 12.4. The number of methoxy groups -OCH3 is 1. The van der Waals surface area contributed by atoms with E-state index in [4.69, 9.17) is 36.3 Å². The average Bonchev–Trinajstić information content (AvgIpc) is 2.96. The average molecular weight is 559 g/mol. The van der Waals surface area contributed by atoms with Crippen molar-refractivity contribution in [3.05, 3.63) is 99.9 Å². The molecule has 1 aliphatic heterocycles. The Morgan fingerprint density at radius 3 is 2.60 bits per heavy atom. The molecule has 0 aromatic heterocycles. The summed E-state index contributed by atoms with van der Waals surface area (Å²) in [5.41, 5.74) is 8.74. The number of hydrogen-bond donors (Lipinski definition) is 1. The van der Waals surface area contributed by atoms with Gasteiger partial charge in [0.15, 0.2) is 11.5 Å². The number of esters is 1. The first kappa shape index (κ1) is 28.6. The molecule has 0 aliphatic carbocycles. The zero-order chi connectivity index (χ0) is 28.5. The predicted molar refractivity (Wildman–Crippen MR) is 154 cm³/mol. The number of carbonyl (C=O) groups is 1. The number of nitrogens with zero attached hydrogens (tertiary/aromatic N) is 1. The summed E-state index contributed by atoms with van der Waals surface area (Å²) < 4.78 is 22.8. The van der Waals surface area contributed by atoms with Crippen LogP contribution in [0.15, 0.2) is 78.2 Å². The van der Waals surface area contributed by atoms with E-state index in [-0.39, 0.29) is 17.2 Å². The number of rotatable bonds is 11. The lowest BCUT2D eigenvalue weighted by Crippen LogP contribution is -2.21. The monoisotopic (exact) mass is 558 g/mol. The number of nitriles is 1. The van der Waals surface area contributed by atoms with Crippen molar-refractivity contribution < 1.29 is 23.7 Å². The Hall–Kier alpha value is -4.41. The normalized spacial score (nSPS) is 14.3. The van der Waals surface area contributed by atoms with Gasteiger partial charge in [0.25, 0.3) is 0 Å². The van der Waals surface area contributed by atoms with E-state index in [2.05, 4.69) is 13.0 Å². The predicted octanol–water partition coefficient (Wildman–Crippen LogP) is 7.14. The van der Waals surface area contributed by atoms with Crippen molar-refractivity contribution in [1.29, 1.82) is 5.26 Å². The lowest BCUT2D eigenvalue weighted by Gasteiger charge is -2.27. The van der Waals surface area contributed by atoms with Crippen molar-refractivity contribution in [2.24, 2.45) is 5.73 Å². The van der Waals surface area contributed by atoms with Gasteiger partial charge in [0.1, 0.15) is 23.1 Å². The molecule has 0 saturated carbocycles. The van der Waals surface area contributed by atoms with Crippen molar-refractivity contribution in [2.75, 3.05) is 13.7 Å². The quantitative estimate of drug-likeness (QED) is 0.115. The van der Waals surface area contributed by atoms with Crippen molar-refractivity contribution >= 4 is 23.6 Å². The first-order valence-corrected chi connectivity index (χ1v) is 13.5. The first-order valence-electron chi connectivity index (χ1n) is 13.1. The molecule has 0 bridgehead atoms. The van der Waals surface area contributed by atoms with Crippen LogP contribution in [0.25, 0.3) is 6.08 Å². The fourth-order valence-electron chi connectivity index (χ4n) is 4.42. The van der Waals surface area contributed by atoms with Crippen LogP contribution in [0.1, 0.15) is 55.2 Å². The third-order valence-electron chi connectivity index (χ3n) is 6.47. The zero-order valence-electron chi connectivity index (χ0n) is 22.5. The molecule has 0 radical (unpaired) electrons. The second kappa shape index (κ2) is 13.6. The fraction of sp³-hybridized carbons (Fsp3) is 0.250. The van der Waals surface area contributed by atoms with Crippen molar-refractivity contribution in [1.82, 2.24) is 0 Å². The van der Waals surface area contributed by atoms with Gasteiger partial charge in [0, 0.05) is 22.7 Å². The van der Waals surface area contributed by atoms with Crippen LogP contribution >= 0.6 is 11.6 Å². The van der Waals surface area contributed by atoms with E-state index in [1.807, 2.05) is 18.2 Å². The van der Waals surface area contributed by atoms with E-state index in [9.17, 15) is 10.1 Å². The van der Waals surface area contributed by atoms with Crippen LogP contribution < -0.4 is 24.7 Å². The molecular formula is C32H31ClN2O5. The zero-order valence-corrected chi connectivity index (χ0v) is 23.2. The lowest BCUT2D eigenvalue weighted by atomic mass is 9.83. The molecule has 40 heavy (non-hydrogen) atoms. The highest BCUT2D eigenvalue weighted by molar-refractivity contribution is 6.30. The summed E-state index contributed by atoms with van der Waals surface area (Å²) in [6.45, 7) is 2.77. The summed E-state index contributed by atoms with van der Waals surface area (Å²) in [4.78, 5) is 12.4. The maximum absolute atomic E-state index is 12.4. The molecule has 2 N–H and O–H groups in total. The van der Waals surface area contributed by atoms with Crippen molar-refractivity contribution in [3.63, 3.8) is 0 Å². The van der Waals surface area contributed by atoms with E-state index >= 15 is 0 Å². The number of carbonyl (C=O) groups excluding carboxylic acids is 1. The Kier molecular flexibility index (Phi) is 9.71. The molecule has 1 unspecified atom stereocenters. The van der Waals surface area contributed by atoms with E-state index in [0.29, 0.717) is 34.4 Å². The fourth-order valence-corrected chi connectivity index (χ4v) is 4.55. The smallest absolute Gasteiger partial charge is 0.336 e. The van der Waals surface area contributed by atoms with Gasteiger partial charge in [0.05, 0.1) is 19.6 Å². The summed E-state index contributed by atoms with van der Waals surface area (Å²) in [5.74, 6) is 0.800. The van der Waals surface area contributed by atoms with Crippen LogP contribution in [0.3, 0.4) is 0 Å². The molecule has 0 spiro atoms. The Labute approximate surface area is 239 Å². The maximum Gasteiger partial charge on any atom is 0.336 e. The molecule has 1 aliphatic rings. The van der Waals surface area contributed by atoms with Crippen LogP contribution in [-0.4, -0.2) is 19.7 Å². The number of unbranched alkanes of at least 4 members (excludes halogenated alkanes) is 3. The third-order valence-corrected chi connectivity index (χ3v) is 6.72. The van der Waals surface area contributed by atoms with Gasteiger partial charge < -0.3 is 24.7 Å². The van der Waals surface area contributed by atoms with Gasteiger partial charge in [-0.25, -0.2) is 4.79 Å². The molecule has 4 rings (SSSR count). The standard InChI is InChI=1S/C32H31ClN2O5/c1-3-4-5-6-17-38-27-15-10-22(18-29(27)37-2)31-25-14-13-24(19-28(25)40-32(35)26(31)20-34)39-30(36)16-9-21-7-11-23(33)12-8-21/h7-16,18-19,31H,3-6,17,35H2,1-2H3/b16-9+. The number of halogens is 1. The van der Waals surface area contributed by atoms with E-state index in [0.717, 1.165) is 30.4 Å². The highest BCUT2D eigenvalue weighted by Gasteiger charge is 2.31. The van der Waals surface area contributed by atoms with Crippen LogP contribution in [-0.2, 0) is 4.79 Å². The van der Waals surface area contributed by atoms with Gasteiger partial charge in [0.2, 0.25) is 5.88 Å². The first-order chi connectivity index (χ1) is 19.4. The van der Waals surface area contributed by atoms with Crippen LogP contribution in [0, 0.1) is 11.3 Å². The molecule has 8 heteroatoms. The number of nitrogens with two attached hydrogens (primary N) is 1. The molecule has 0 fully saturated rings. The van der Waals surface area contributed by atoms with Gasteiger partial charge in [-0.3, -0.25) is 0 Å². The second-order valence-corrected chi connectivity index (χ2v) is 9.69. The molecule has 7 nitrogen and oxygen atoms in total. The number of allylic oxidation sites excluding steroid dienone is 1. The summed E-state index contributed by atoms with van der Waals surface area (Å²) in [6.07, 6.45) is 7.38. The number of hydrogen-bond acceptors (Lipinski definition) is 7. The largest absolute Gasteiger partial charge is 0.493 e. The van der Waals surface area contributed by atoms with E-state index < -0.39 is 11.9 Å².